The fraction of sp³-hybridized carbons (Fsp3) is 0.480. The fourth-order valence-corrected chi connectivity index (χ4v) is 4.23. The number of rotatable bonds is 6. The van der Waals surface area contributed by atoms with E-state index in [-0.39, 0.29) is 0 Å². The van der Waals surface area contributed by atoms with E-state index in [1.54, 1.807) is 0 Å². The van der Waals surface area contributed by atoms with Crippen LogP contribution in [0.4, 0.5) is 5.69 Å². The minimum absolute atomic E-state index is 0.498. The predicted molar refractivity (Wildman–Crippen MR) is 117 cm³/mol. The molecule has 0 fully saturated rings. The molecule has 1 aliphatic rings. The van der Waals surface area contributed by atoms with Crippen molar-refractivity contribution >= 4 is 12.0 Å². The molecule has 0 unspecified atom stereocenters. The van der Waals surface area contributed by atoms with Crippen LogP contribution in [0.25, 0.3) is 0 Å². The fourth-order valence-electron chi connectivity index (χ4n) is 4.23. The average Bonchev–Trinajstić information content (AvgIpc) is 3.05. The number of anilines is 1. The van der Waals surface area contributed by atoms with Crippen molar-refractivity contribution in [3.8, 4) is 0 Å². The summed E-state index contributed by atoms with van der Waals surface area (Å²) in [6.07, 6.45) is 3.47. The number of hydrogen-bond acceptors (Lipinski definition) is 1. The molecule has 1 atom stereocenters. The lowest BCUT2D eigenvalue weighted by Crippen LogP contribution is -2.32. The second-order valence-corrected chi connectivity index (χ2v) is 8.75. The lowest BCUT2D eigenvalue weighted by Gasteiger charge is -2.21. The number of benzene rings is 2. The largest absolute Gasteiger partial charge is 0.259 e. The van der Waals surface area contributed by atoms with Gasteiger partial charge in [-0.1, -0.05) is 76.2 Å². The van der Waals surface area contributed by atoms with Crippen LogP contribution in [0.2, 0.25) is 0 Å². The van der Waals surface area contributed by atoms with Crippen molar-refractivity contribution in [2.75, 3.05) is 11.4 Å². The van der Waals surface area contributed by atoms with Gasteiger partial charge in [0.05, 0.1) is 6.04 Å². The lowest BCUT2D eigenvalue weighted by atomic mass is 9.92. The number of hydrogen-bond donors (Lipinski definition) is 0. The molecule has 2 nitrogen and oxygen atoms in total. The van der Waals surface area contributed by atoms with Crippen LogP contribution < -0.4 is 4.90 Å². The highest BCUT2D eigenvalue weighted by molar-refractivity contribution is 5.82. The van der Waals surface area contributed by atoms with Gasteiger partial charge in [0.2, 0.25) is 6.34 Å². The van der Waals surface area contributed by atoms with Gasteiger partial charge in [0.15, 0.2) is 0 Å². The molecule has 0 amide bonds. The van der Waals surface area contributed by atoms with E-state index in [4.69, 9.17) is 0 Å². The van der Waals surface area contributed by atoms with Crippen molar-refractivity contribution in [3.63, 3.8) is 0 Å². The van der Waals surface area contributed by atoms with Gasteiger partial charge >= 0.3 is 0 Å². The Labute approximate surface area is 165 Å². The Hall–Kier alpha value is -2.09. The third-order valence-corrected chi connectivity index (χ3v) is 5.64. The Morgan fingerprint density at radius 1 is 0.852 bits per heavy atom. The number of para-hydroxylation sites is 1. The summed E-state index contributed by atoms with van der Waals surface area (Å²) in [5.41, 5.74) is 5.77. The van der Waals surface area contributed by atoms with E-state index in [0.717, 1.165) is 13.0 Å². The normalized spacial score (nSPS) is 17.3. The molecule has 2 aromatic rings. The van der Waals surface area contributed by atoms with Crippen molar-refractivity contribution < 1.29 is 4.58 Å². The summed E-state index contributed by atoms with van der Waals surface area (Å²) in [5.74, 6) is 1.04. The highest BCUT2D eigenvalue weighted by atomic mass is 15.3. The van der Waals surface area contributed by atoms with Crippen molar-refractivity contribution in [1.29, 1.82) is 0 Å². The molecule has 1 heterocycles. The lowest BCUT2D eigenvalue weighted by molar-refractivity contribution is -0.580. The second-order valence-electron chi connectivity index (χ2n) is 8.75. The molecule has 0 saturated heterocycles. The molecule has 0 N–H and O–H groups in total. The molecule has 1 aliphatic heterocycles. The molecule has 0 spiro atoms. The molecule has 0 bridgehead atoms. The summed E-state index contributed by atoms with van der Waals surface area (Å²) in [4.78, 5) is 2.53. The van der Waals surface area contributed by atoms with Gasteiger partial charge in [0.1, 0.15) is 18.3 Å². The van der Waals surface area contributed by atoms with Crippen molar-refractivity contribution in [1.82, 2.24) is 0 Å². The van der Waals surface area contributed by atoms with Crippen LogP contribution in [0.1, 0.15) is 70.1 Å². The van der Waals surface area contributed by atoms with E-state index in [1.165, 1.54) is 22.4 Å². The zero-order valence-electron chi connectivity index (χ0n) is 17.8. The summed E-state index contributed by atoms with van der Waals surface area (Å²) >= 11 is 0. The van der Waals surface area contributed by atoms with Crippen molar-refractivity contribution in [2.45, 2.75) is 71.9 Å². The van der Waals surface area contributed by atoms with Crippen LogP contribution in [0.5, 0.6) is 0 Å². The molecule has 2 heteroatoms. The summed E-state index contributed by atoms with van der Waals surface area (Å²) in [5, 5.41) is 0. The summed E-state index contributed by atoms with van der Waals surface area (Å²) in [6.45, 7) is 14.9. The smallest absolute Gasteiger partial charge is 0.240 e. The Morgan fingerprint density at radius 3 is 1.96 bits per heavy atom. The second kappa shape index (κ2) is 8.29. The van der Waals surface area contributed by atoms with Crippen LogP contribution in [-0.2, 0) is 6.42 Å². The number of nitrogens with zero attached hydrogens (tertiary/aromatic N) is 2. The zero-order valence-corrected chi connectivity index (χ0v) is 17.8. The van der Waals surface area contributed by atoms with Gasteiger partial charge in [-0.3, -0.25) is 4.58 Å². The van der Waals surface area contributed by atoms with Gasteiger partial charge in [-0.25, -0.2) is 4.90 Å². The Bertz CT molecular complexity index is 761. The van der Waals surface area contributed by atoms with E-state index < -0.39 is 0 Å². The topological polar surface area (TPSA) is 6.25 Å². The SMILES string of the molecule is CC(C)c1cccc(C(C)C)c1N1C=[N+](C(C)C)[C@@H](Cc2ccccc2)C1. The maximum absolute atomic E-state index is 2.55. The molecule has 0 saturated carbocycles. The Balaban J connectivity index is 1.99. The summed E-state index contributed by atoms with van der Waals surface area (Å²) < 4.78 is 2.55. The minimum Gasteiger partial charge on any atom is -0.259 e. The first-order valence-corrected chi connectivity index (χ1v) is 10.4. The Kier molecular flexibility index (Phi) is 6.04. The predicted octanol–water partition coefficient (Wildman–Crippen LogP) is 5.81. The quantitative estimate of drug-likeness (QED) is 0.587. The van der Waals surface area contributed by atoms with Crippen LogP contribution in [0.3, 0.4) is 0 Å². The highest BCUT2D eigenvalue weighted by Crippen LogP contribution is 2.36. The molecular weight excluding hydrogens is 328 g/mol. The van der Waals surface area contributed by atoms with Crippen LogP contribution in [-0.4, -0.2) is 29.5 Å². The summed E-state index contributed by atoms with van der Waals surface area (Å²) in [6, 6.07) is 18.8. The van der Waals surface area contributed by atoms with Crippen LogP contribution in [0.15, 0.2) is 48.5 Å². The highest BCUT2D eigenvalue weighted by Gasteiger charge is 2.36. The van der Waals surface area contributed by atoms with Gasteiger partial charge in [-0.15, -0.1) is 0 Å². The van der Waals surface area contributed by atoms with Crippen molar-refractivity contribution in [2.24, 2.45) is 0 Å². The third-order valence-electron chi connectivity index (χ3n) is 5.64. The Morgan fingerprint density at radius 2 is 1.44 bits per heavy atom. The van der Waals surface area contributed by atoms with Gasteiger partial charge in [-0.2, -0.15) is 0 Å². The van der Waals surface area contributed by atoms with E-state index in [2.05, 4.69) is 106 Å². The monoisotopic (exact) mass is 363 g/mol. The molecule has 0 aliphatic carbocycles. The van der Waals surface area contributed by atoms with E-state index in [0.29, 0.717) is 23.9 Å². The molecule has 0 radical (unpaired) electrons. The molecule has 144 valence electrons. The maximum atomic E-state index is 2.55. The van der Waals surface area contributed by atoms with Crippen LogP contribution >= 0.6 is 0 Å². The van der Waals surface area contributed by atoms with Gasteiger partial charge in [0, 0.05) is 17.5 Å². The van der Waals surface area contributed by atoms with Gasteiger partial charge in [0.25, 0.3) is 0 Å². The van der Waals surface area contributed by atoms with Gasteiger partial charge < -0.3 is 0 Å². The molecule has 3 rings (SSSR count). The van der Waals surface area contributed by atoms with Gasteiger partial charge in [-0.05, 0) is 31.2 Å². The first-order valence-electron chi connectivity index (χ1n) is 10.4. The standard InChI is InChI=1S/C25H35N2/c1-18(2)23-13-10-14-24(19(3)4)25(23)26-16-22(27(17-26)20(5)6)15-21-11-8-7-9-12-21/h7-14,17-20,22H,15-16H2,1-6H3/q+1/t22-/m0/s1. The average molecular weight is 364 g/mol. The molecular formula is C25H35N2+. The maximum Gasteiger partial charge on any atom is 0.240 e. The van der Waals surface area contributed by atoms with E-state index >= 15 is 0 Å². The van der Waals surface area contributed by atoms with E-state index in [9.17, 15) is 0 Å². The van der Waals surface area contributed by atoms with E-state index in [1.807, 2.05) is 0 Å². The first kappa shape index (κ1) is 19.7. The summed E-state index contributed by atoms with van der Waals surface area (Å²) in [7, 11) is 0. The van der Waals surface area contributed by atoms with Crippen molar-refractivity contribution in [3.05, 3.63) is 65.2 Å². The molecule has 2 aromatic carbocycles. The van der Waals surface area contributed by atoms with Crippen LogP contribution in [0, 0.1) is 0 Å². The molecule has 27 heavy (non-hydrogen) atoms. The minimum atomic E-state index is 0.498. The molecule has 0 aromatic heterocycles. The zero-order chi connectivity index (χ0) is 19.6. The first-order chi connectivity index (χ1) is 12.9. The third kappa shape index (κ3) is 4.26.